The van der Waals surface area contributed by atoms with E-state index in [0.29, 0.717) is 17.7 Å². The van der Waals surface area contributed by atoms with Gasteiger partial charge >= 0.3 is 0 Å². The van der Waals surface area contributed by atoms with Crippen molar-refractivity contribution < 1.29 is 9.21 Å². The summed E-state index contributed by atoms with van der Waals surface area (Å²) in [6.45, 7) is 4.69. The van der Waals surface area contributed by atoms with Crippen LogP contribution in [0.2, 0.25) is 0 Å². The number of carbonyl (C=O) groups is 1. The fraction of sp³-hybridized carbons (Fsp3) is 0.667. The number of carbonyl (C=O) groups excluding carboxylic acids is 1. The summed E-state index contributed by atoms with van der Waals surface area (Å²) in [4.78, 5) is 11.5. The highest BCUT2D eigenvalue weighted by Gasteiger charge is 2.17. The minimum Gasteiger partial charge on any atom is -0.415 e. The zero-order valence-electron chi connectivity index (χ0n) is 9.40. The Labute approximate surface area is 98.4 Å². The number of rotatable bonds is 6. The second kappa shape index (κ2) is 6.49. The molecule has 1 heterocycles. The van der Waals surface area contributed by atoms with Crippen molar-refractivity contribution in [1.29, 1.82) is 0 Å². The molecule has 1 rings (SSSR count). The highest BCUT2D eigenvalue weighted by molar-refractivity contribution is 8.00. The molecule has 0 saturated heterocycles. The predicted octanol–water partition coefficient (Wildman–Crippen LogP) is 0.535. The summed E-state index contributed by atoms with van der Waals surface area (Å²) in [5.74, 6) is 0.350. The molecule has 0 saturated carbocycles. The first kappa shape index (κ1) is 13.0. The molecular formula is C9H16N4O2S. The molecule has 0 aliphatic carbocycles. The summed E-state index contributed by atoms with van der Waals surface area (Å²) in [7, 11) is 0. The molecule has 0 aliphatic heterocycles. The topological polar surface area (TPSA) is 94.0 Å². The van der Waals surface area contributed by atoms with Crippen molar-refractivity contribution in [3.8, 4) is 0 Å². The summed E-state index contributed by atoms with van der Waals surface area (Å²) in [6, 6.07) is 0. The van der Waals surface area contributed by atoms with Crippen LogP contribution in [0, 0.1) is 0 Å². The monoisotopic (exact) mass is 244 g/mol. The second-order valence-corrected chi connectivity index (χ2v) is 4.51. The van der Waals surface area contributed by atoms with Crippen LogP contribution in [0.1, 0.15) is 26.2 Å². The lowest BCUT2D eigenvalue weighted by Crippen LogP contribution is -2.31. The maximum absolute atomic E-state index is 11.5. The SMILES string of the molecule is CCCNC(=O)C(C)Sc1nnc(CN)o1. The molecule has 1 unspecified atom stereocenters. The molecule has 1 aromatic heterocycles. The van der Waals surface area contributed by atoms with Crippen molar-refractivity contribution in [2.45, 2.75) is 37.3 Å². The van der Waals surface area contributed by atoms with Gasteiger partial charge in [-0.05, 0) is 13.3 Å². The highest BCUT2D eigenvalue weighted by atomic mass is 32.2. The lowest BCUT2D eigenvalue weighted by Gasteiger charge is -2.08. The normalized spacial score (nSPS) is 12.4. The van der Waals surface area contributed by atoms with Crippen LogP contribution in [-0.4, -0.2) is 27.9 Å². The summed E-state index contributed by atoms with van der Waals surface area (Å²) >= 11 is 1.23. The van der Waals surface area contributed by atoms with Crippen LogP contribution in [0.5, 0.6) is 0 Å². The molecule has 3 N–H and O–H groups in total. The molecule has 0 bridgehead atoms. The first-order valence-corrected chi connectivity index (χ1v) is 6.02. The minimum absolute atomic E-state index is 0.0284. The van der Waals surface area contributed by atoms with Crippen molar-refractivity contribution in [3.63, 3.8) is 0 Å². The van der Waals surface area contributed by atoms with E-state index in [1.807, 2.05) is 6.92 Å². The average molecular weight is 244 g/mol. The number of aromatic nitrogens is 2. The van der Waals surface area contributed by atoms with Crippen molar-refractivity contribution in [1.82, 2.24) is 15.5 Å². The van der Waals surface area contributed by atoms with Gasteiger partial charge in [-0.15, -0.1) is 10.2 Å². The number of amides is 1. The van der Waals surface area contributed by atoms with E-state index in [0.717, 1.165) is 6.42 Å². The van der Waals surface area contributed by atoms with E-state index >= 15 is 0 Å². The minimum atomic E-state index is -0.252. The third-order valence-electron chi connectivity index (χ3n) is 1.82. The van der Waals surface area contributed by atoms with Gasteiger partial charge in [-0.25, -0.2) is 0 Å². The van der Waals surface area contributed by atoms with Crippen LogP contribution < -0.4 is 11.1 Å². The van der Waals surface area contributed by atoms with Gasteiger partial charge in [0.2, 0.25) is 11.8 Å². The first-order chi connectivity index (χ1) is 7.67. The third-order valence-corrected chi connectivity index (χ3v) is 2.75. The zero-order valence-corrected chi connectivity index (χ0v) is 10.2. The van der Waals surface area contributed by atoms with Gasteiger partial charge in [0.05, 0.1) is 11.8 Å². The van der Waals surface area contributed by atoms with E-state index in [1.54, 1.807) is 6.92 Å². The van der Waals surface area contributed by atoms with E-state index in [2.05, 4.69) is 15.5 Å². The van der Waals surface area contributed by atoms with Crippen molar-refractivity contribution >= 4 is 17.7 Å². The van der Waals surface area contributed by atoms with E-state index in [1.165, 1.54) is 11.8 Å². The quantitative estimate of drug-likeness (QED) is 0.709. The molecular weight excluding hydrogens is 228 g/mol. The number of hydrogen-bond acceptors (Lipinski definition) is 6. The van der Waals surface area contributed by atoms with Crippen LogP contribution >= 0.6 is 11.8 Å². The summed E-state index contributed by atoms with van der Waals surface area (Å²) in [5, 5.41) is 10.4. The molecule has 90 valence electrons. The second-order valence-electron chi connectivity index (χ2n) is 3.22. The highest BCUT2D eigenvalue weighted by Crippen LogP contribution is 2.21. The fourth-order valence-electron chi connectivity index (χ4n) is 0.965. The lowest BCUT2D eigenvalue weighted by molar-refractivity contribution is -0.120. The molecule has 1 aromatic rings. The maximum atomic E-state index is 11.5. The Balaban J connectivity index is 2.43. The lowest BCUT2D eigenvalue weighted by atomic mass is 10.4. The summed E-state index contributed by atoms with van der Waals surface area (Å²) in [5.41, 5.74) is 5.33. The van der Waals surface area contributed by atoms with Crippen LogP contribution in [0.3, 0.4) is 0 Å². The van der Waals surface area contributed by atoms with Gasteiger partial charge in [0, 0.05) is 6.54 Å². The summed E-state index contributed by atoms with van der Waals surface area (Å²) < 4.78 is 5.19. The van der Waals surface area contributed by atoms with Crippen molar-refractivity contribution in [2.75, 3.05) is 6.54 Å². The number of nitrogens with two attached hydrogens (primary N) is 1. The van der Waals surface area contributed by atoms with Crippen molar-refractivity contribution in [2.24, 2.45) is 5.73 Å². The van der Waals surface area contributed by atoms with Crippen LogP contribution in [0.4, 0.5) is 0 Å². The van der Waals surface area contributed by atoms with Gasteiger partial charge in [-0.2, -0.15) is 0 Å². The van der Waals surface area contributed by atoms with Gasteiger partial charge in [-0.1, -0.05) is 18.7 Å². The van der Waals surface area contributed by atoms with Crippen LogP contribution in [-0.2, 0) is 11.3 Å². The number of nitrogens with one attached hydrogen (secondary N) is 1. The number of thioether (sulfide) groups is 1. The molecule has 1 atom stereocenters. The van der Waals surface area contributed by atoms with Gasteiger partial charge in [0.25, 0.3) is 5.22 Å². The molecule has 16 heavy (non-hydrogen) atoms. The smallest absolute Gasteiger partial charge is 0.277 e. The Morgan fingerprint density at radius 1 is 1.62 bits per heavy atom. The zero-order chi connectivity index (χ0) is 12.0. The standard InChI is InChI=1S/C9H16N4O2S/c1-3-4-11-8(14)6(2)16-9-13-12-7(5-10)15-9/h6H,3-5,10H2,1-2H3,(H,11,14). The molecule has 0 radical (unpaired) electrons. The Hall–Kier alpha value is -1.08. The van der Waals surface area contributed by atoms with Crippen molar-refractivity contribution in [3.05, 3.63) is 5.89 Å². The van der Waals surface area contributed by atoms with Gasteiger partial charge < -0.3 is 15.5 Å². The van der Waals surface area contributed by atoms with Gasteiger partial charge in [0.1, 0.15) is 0 Å². The number of nitrogens with zero attached hydrogens (tertiary/aromatic N) is 2. The van der Waals surface area contributed by atoms with Crippen LogP contribution in [0.15, 0.2) is 9.64 Å². The molecule has 7 heteroatoms. The Kier molecular flexibility index (Phi) is 5.27. The average Bonchev–Trinajstić information content (AvgIpc) is 2.73. The predicted molar refractivity (Wildman–Crippen MR) is 60.8 cm³/mol. The molecule has 6 nitrogen and oxygen atoms in total. The van der Waals surface area contributed by atoms with E-state index in [-0.39, 0.29) is 17.7 Å². The third kappa shape index (κ3) is 3.82. The van der Waals surface area contributed by atoms with E-state index in [9.17, 15) is 4.79 Å². The maximum Gasteiger partial charge on any atom is 0.277 e. The van der Waals surface area contributed by atoms with Gasteiger partial charge in [-0.3, -0.25) is 4.79 Å². The van der Waals surface area contributed by atoms with Gasteiger partial charge in [0.15, 0.2) is 0 Å². The molecule has 0 spiro atoms. The number of hydrogen-bond donors (Lipinski definition) is 2. The van der Waals surface area contributed by atoms with E-state index < -0.39 is 0 Å². The Bertz CT molecular complexity index is 342. The first-order valence-electron chi connectivity index (χ1n) is 5.14. The Morgan fingerprint density at radius 2 is 2.38 bits per heavy atom. The Morgan fingerprint density at radius 3 is 2.94 bits per heavy atom. The molecule has 0 aliphatic rings. The largest absolute Gasteiger partial charge is 0.415 e. The summed E-state index contributed by atoms with van der Waals surface area (Å²) in [6.07, 6.45) is 0.918. The molecule has 1 amide bonds. The molecule has 0 aromatic carbocycles. The molecule has 0 fully saturated rings. The fourth-order valence-corrected chi connectivity index (χ4v) is 1.69. The van der Waals surface area contributed by atoms with E-state index in [4.69, 9.17) is 10.2 Å². The van der Waals surface area contributed by atoms with Crippen LogP contribution in [0.25, 0.3) is 0 Å².